The molecule has 1 amide bonds. The first kappa shape index (κ1) is 15.7. The lowest BCUT2D eigenvalue weighted by molar-refractivity contribution is 0.0371. The van der Waals surface area contributed by atoms with Crippen molar-refractivity contribution in [3.63, 3.8) is 0 Å². The van der Waals surface area contributed by atoms with Crippen molar-refractivity contribution in [2.45, 2.75) is 33.3 Å². The molecule has 0 saturated carbocycles. The number of nitrogens with two attached hydrogens (primary N) is 1. The van der Waals surface area contributed by atoms with Crippen LogP contribution in [0.15, 0.2) is 6.07 Å². The molecule has 2 rings (SSSR count). The third kappa shape index (κ3) is 3.16. The molecule has 0 radical (unpaired) electrons. The highest BCUT2D eigenvalue weighted by Gasteiger charge is 2.25. The fourth-order valence-corrected chi connectivity index (χ4v) is 3.66. The summed E-state index contributed by atoms with van der Waals surface area (Å²) in [6.45, 7) is 7.46. The monoisotopic (exact) mass is 307 g/mol. The SMILES string of the molecule is Cc1cc(C)c2c(N)c(C(=O)N(C)CC(C)(C)O)sc2n1. The van der Waals surface area contributed by atoms with Crippen LogP contribution in [0.5, 0.6) is 0 Å². The maximum absolute atomic E-state index is 12.5. The number of nitrogens with zero attached hydrogens (tertiary/aromatic N) is 2. The number of anilines is 1. The number of carbonyl (C=O) groups excluding carboxylic acids is 1. The number of thiophene rings is 1. The normalized spacial score (nSPS) is 11.9. The van der Waals surface area contributed by atoms with E-state index in [1.165, 1.54) is 16.2 Å². The highest BCUT2D eigenvalue weighted by atomic mass is 32.1. The summed E-state index contributed by atoms with van der Waals surface area (Å²) in [5.41, 5.74) is 7.62. The average molecular weight is 307 g/mol. The standard InChI is InChI=1S/C15H21N3O2S/c1-8-6-9(2)17-13-10(8)11(16)12(21-13)14(19)18(5)7-15(3,4)20/h6,20H,7,16H2,1-5H3. The second-order valence-corrected chi connectivity index (χ2v) is 7.08. The Morgan fingerprint density at radius 2 is 2.10 bits per heavy atom. The molecule has 0 unspecified atom stereocenters. The summed E-state index contributed by atoms with van der Waals surface area (Å²) in [4.78, 5) is 19.7. The molecule has 0 fully saturated rings. The highest BCUT2D eigenvalue weighted by Crippen LogP contribution is 2.35. The van der Waals surface area contributed by atoms with Crippen LogP contribution in [-0.2, 0) is 0 Å². The summed E-state index contributed by atoms with van der Waals surface area (Å²) in [5.74, 6) is -0.185. The molecule has 21 heavy (non-hydrogen) atoms. The van der Waals surface area contributed by atoms with Gasteiger partial charge >= 0.3 is 0 Å². The van der Waals surface area contributed by atoms with Gasteiger partial charge in [0.2, 0.25) is 0 Å². The molecule has 2 aromatic rings. The van der Waals surface area contributed by atoms with Gasteiger partial charge in [-0.1, -0.05) is 0 Å². The molecule has 5 nitrogen and oxygen atoms in total. The van der Waals surface area contributed by atoms with Gasteiger partial charge in [0.1, 0.15) is 9.71 Å². The maximum atomic E-state index is 12.5. The van der Waals surface area contributed by atoms with E-state index in [0.717, 1.165) is 21.5 Å². The molecule has 2 heterocycles. The quantitative estimate of drug-likeness (QED) is 0.912. The fraction of sp³-hybridized carbons (Fsp3) is 0.467. The van der Waals surface area contributed by atoms with Crippen LogP contribution >= 0.6 is 11.3 Å². The number of pyridine rings is 1. The van der Waals surface area contributed by atoms with Crippen molar-refractivity contribution in [2.24, 2.45) is 0 Å². The van der Waals surface area contributed by atoms with Crippen LogP contribution in [0.1, 0.15) is 34.8 Å². The van der Waals surface area contributed by atoms with Gasteiger partial charge in [-0.15, -0.1) is 11.3 Å². The minimum absolute atomic E-state index is 0.185. The Hall–Kier alpha value is -1.66. The lowest BCUT2D eigenvalue weighted by Crippen LogP contribution is -2.39. The average Bonchev–Trinajstić information content (AvgIpc) is 2.63. The summed E-state index contributed by atoms with van der Waals surface area (Å²) in [6, 6.07) is 1.96. The van der Waals surface area contributed by atoms with Crippen LogP contribution < -0.4 is 5.73 Å². The van der Waals surface area contributed by atoms with E-state index < -0.39 is 5.60 Å². The molecule has 0 aliphatic heterocycles. The van der Waals surface area contributed by atoms with Crippen molar-refractivity contribution in [1.29, 1.82) is 0 Å². The van der Waals surface area contributed by atoms with E-state index in [1.54, 1.807) is 20.9 Å². The maximum Gasteiger partial charge on any atom is 0.265 e. The van der Waals surface area contributed by atoms with Crippen molar-refractivity contribution in [3.05, 3.63) is 22.2 Å². The van der Waals surface area contributed by atoms with Crippen LogP contribution in [0.25, 0.3) is 10.2 Å². The molecule has 2 aromatic heterocycles. The molecular weight excluding hydrogens is 286 g/mol. The number of aliphatic hydroxyl groups is 1. The van der Waals surface area contributed by atoms with Crippen LogP contribution in [0.3, 0.4) is 0 Å². The van der Waals surface area contributed by atoms with Crippen LogP contribution in [-0.4, -0.2) is 40.1 Å². The van der Waals surface area contributed by atoms with Crippen molar-refractivity contribution in [1.82, 2.24) is 9.88 Å². The van der Waals surface area contributed by atoms with Gasteiger partial charge in [-0.25, -0.2) is 4.98 Å². The zero-order valence-electron chi connectivity index (χ0n) is 13.0. The van der Waals surface area contributed by atoms with Gasteiger partial charge in [0.25, 0.3) is 5.91 Å². The number of fused-ring (bicyclic) bond motifs is 1. The molecule has 0 aliphatic carbocycles. The van der Waals surface area contributed by atoms with Gasteiger partial charge in [0.05, 0.1) is 11.3 Å². The minimum Gasteiger partial charge on any atom is -0.397 e. The van der Waals surface area contributed by atoms with Crippen LogP contribution in [0.4, 0.5) is 5.69 Å². The van der Waals surface area contributed by atoms with Gasteiger partial charge in [0, 0.05) is 24.7 Å². The number of carbonyl (C=O) groups is 1. The van der Waals surface area contributed by atoms with E-state index in [0.29, 0.717) is 10.6 Å². The molecule has 0 saturated heterocycles. The predicted octanol–water partition coefficient (Wildman–Crippen LogP) is 2.34. The molecule has 3 N–H and O–H groups in total. The Labute approximate surface area is 128 Å². The number of amides is 1. The van der Waals surface area contributed by atoms with E-state index in [1.807, 2.05) is 19.9 Å². The number of rotatable bonds is 3. The minimum atomic E-state index is -0.944. The number of nitrogen functional groups attached to an aromatic ring is 1. The van der Waals surface area contributed by atoms with E-state index in [9.17, 15) is 9.90 Å². The van der Waals surface area contributed by atoms with Gasteiger partial charge in [0.15, 0.2) is 0 Å². The van der Waals surface area contributed by atoms with E-state index in [4.69, 9.17) is 5.73 Å². The Kier molecular flexibility index (Phi) is 3.95. The lowest BCUT2D eigenvalue weighted by atomic mass is 10.1. The largest absolute Gasteiger partial charge is 0.397 e. The topological polar surface area (TPSA) is 79.5 Å². The number of hydrogen-bond acceptors (Lipinski definition) is 5. The van der Waals surface area contributed by atoms with Gasteiger partial charge in [-0.3, -0.25) is 4.79 Å². The Morgan fingerprint density at radius 1 is 1.48 bits per heavy atom. The van der Waals surface area contributed by atoms with Crippen molar-refractivity contribution >= 4 is 33.1 Å². The summed E-state index contributed by atoms with van der Waals surface area (Å²) in [5, 5.41) is 10.7. The third-order valence-electron chi connectivity index (χ3n) is 3.19. The smallest absolute Gasteiger partial charge is 0.265 e. The lowest BCUT2D eigenvalue weighted by Gasteiger charge is -2.25. The molecule has 0 atom stereocenters. The molecule has 0 bridgehead atoms. The first-order valence-corrected chi connectivity index (χ1v) is 7.56. The number of aromatic nitrogens is 1. The third-order valence-corrected chi connectivity index (χ3v) is 4.28. The van der Waals surface area contributed by atoms with Crippen molar-refractivity contribution in [3.8, 4) is 0 Å². The number of likely N-dealkylation sites (N-methyl/N-ethyl adjacent to an activating group) is 1. The van der Waals surface area contributed by atoms with Crippen molar-refractivity contribution < 1.29 is 9.90 Å². The highest BCUT2D eigenvalue weighted by molar-refractivity contribution is 7.21. The molecule has 0 spiro atoms. The Balaban J connectivity index is 2.45. The summed E-state index contributed by atoms with van der Waals surface area (Å²) in [6.07, 6.45) is 0. The van der Waals surface area contributed by atoms with E-state index in [2.05, 4.69) is 4.98 Å². The Morgan fingerprint density at radius 3 is 2.67 bits per heavy atom. The van der Waals surface area contributed by atoms with Gasteiger partial charge in [-0.05, 0) is 39.3 Å². The van der Waals surface area contributed by atoms with Crippen molar-refractivity contribution in [2.75, 3.05) is 19.3 Å². The first-order valence-electron chi connectivity index (χ1n) is 6.74. The zero-order chi connectivity index (χ0) is 15.9. The second kappa shape index (κ2) is 5.27. The molecule has 6 heteroatoms. The molecular formula is C15H21N3O2S. The molecule has 0 aliphatic rings. The fourth-order valence-electron chi connectivity index (χ4n) is 2.45. The molecule has 114 valence electrons. The van der Waals surface area contributed by atoms with Crippen LogP contribution in [0, 0.1) is 13.8 Å². The predicted molar refractivity (Wildman–Crippen MR) is 86.8 cm³/mol. The summed E-state index contributed by atoms with van der Waals surface area (Å²) >= 11 is 1.31. The number of hydrogen-bond donors (Lipinski definition) is 2. The van der Waals surface area contributed by atoms with Gasteiger partial charge in [-0.2, -0.15) is 0 Å². The zero-order valence-corrected chi connectivity index (χ0v) is 13.8. The second-order valence-electron chi connectivity index (χ2n) is 6.08. The summed E-state index contributed by atoms with van der Waals surface area (Å²) < 4.78 is 0. The first-order chi connectivity index (χ1) is 9.60. The van der Waals surface area contributed by atoms with Gasteiger partial charge < -0.3 is 15.7 Å². The Bertz CT molecular complexity index is 701. The number of aryl methyl sites for hydroxylation is 2. The molecule has 0 aromatic carbocycles. The van der Waals surface area contributed by atoms with E-state index >= 15 is 0 Å². The summed E-state index contributed by atoms with van der Waals surface area (Å²) in [7, 11) is 1.66. The van der Waals surface area contributed by atoms with E-state index in [-0.39, 0.29) is 12.5 Å². The van der Waals surface area contributed by atoms with Crippen LogP contribution in [0.2, 0.25) is 0 Å².